The molecule has 0 aromatic heterocycles. The minimum atomic E-state index is -0.766. The smallest absolute Gasteiger partial charge is 0.338 e. The molecule has 7 nitrogen and oxygen atoms in total. The van der Waals surface area contributed by atoms with Gasteiger partial charge in [0.05, 0.1) is 12.7 Å². The Labute approximate surface area is 279 Å². The summed E-state index contributed by atoms with van der Waals surface area (Å²) in [5, 5.41) is 0. The minimum Gasteiger partial charge on any atom is -0.497 e. The molecule has 240 valence electrons. The zero-order valence-electron chi connectivity index (χ0n) is 26.4. The van der Waals surface area contributed by atoms with Crippen molar-refractivity contribution in [3.8, 4) is 17.2 Å². The molecule has 0 bridgehead atoms. The lowest BCUT2D eigenvalue weighted by Crippen LogP contribution is -2.31. The van der Waals surface area contributed by atoms with Gasteiger partial charge in [-0.2, -0.15) is 0 Å². The predicted molar refractivity (Wildman–Crippen MR) is 186 cm³/mol. The Bertz CT molecular complexity index is 1840. The van der Waals surface area contributed by atoms with Crippen molar-refractivity contribution in [2.75, 3.05) is 20.3 Å². The van der Waals surface area contributed by atoms with E-state index in [1.54, 1.807) is 92.1 Å². The maximum absolute atomic E-state index is 13.0. The Balaban J connectivity index is 1.20. The fourth-order valence-corrected chi connectivity index (χ4v) is 4.53. The van der Waals surface area contributed by atoms with Gasteiger partial charge in [-0.15, -0.1) is 0 Å². The highest BCUT2D eigenvalue weighted by atomic mass is 16.6. The Morgan fingerprint density at radius 3 is 1.50 bits per heavy atom. The number of rotatable bonds is 15. The monoisotopic (exact) mass is 638 g/mol. The van der Waals surface area contributed by atoms with Crippen molar-refractivity contribution >= 4 is 29.7 Å². The van der Waals surface area contributed by atoms with Gasteiger partial charge in [0.1, 0.15) is 30.5 Å². The predicted octanol–water partition coefficient (Wildman–Crippen LogP) is 8.17. The van der Waals surface area contributed by atoms with Gasteiger partial charge in [-0.05, 0) is 83.9 Å². The first kappa shape index (κ1) is 33.2. The van der Waals surface area contributed by atoms with Crippen LogP contribution in [0.5, 0.6) is 17.2 Å². The molecule has 0 saturated carbocycles. The molecule has 0 spiro atoms. The highest BCUT2D eigenvalue weighted by Crippen LogP contribution is 2.18. The highest BCUT2D eigenvalue weighted by molar-refractivity contribution is 6.07. The van der Waals surface area contributed by atoms with Crippen LogP contribution in [0.4, 0.5) is 0 Å². The molecule has 48 heavy (non-hydrogen) atoms. The fraction of sp³-hybridized carbons (Fsp3) is 0.0976. The van der Waals surface area contributed by atoms with Gasteiger partial charge in [-0.1, -0.05) is 84.9 Å². The van der Waals surface area contributed by atoms with E-state index in [2.05, 4.69) is 0 Å². The molecule has 7 heteroatoms. The first-order valence-corrected chi connectivity index (χ1v) is 15.3. The maximum Gasteiger partial charge on any atom is 0.338 e. The van der Waals surface area contributed by atoms with Crippen LogP contribution < -0.4 is 14.2 Å². The number of methoxy groups -OCH3 is 1. The van der Waals surface area contributed by atoms with Gasteiger partial charge in [0.2, 0.25) is 0 Å². The van der Waals surface area contributed by atoms with Gasteiger partial charge in [-0.25, -0.2) is 4.79 Å². The van der Waals surface area contributed by atoms with E-state index < -0.39 is 12.1 Å². The van der Waals surface area contributed by atoms with Crippen LogP contribution in [0.25, 0.3) is 12.2 Å². The van der Waals surface area contributed by atoms with Crippen LogP contribution in [-0.4, -0.2) is 44.0 Å². The van der Waals surface area contributed by atoms with E-state index in [0.29, 0.717) is 33.9 Å². The van der Waals surface area contributed by atoms with E-state index in [9.17, 15) is 14.4 Å². The van der Waals surface area contributed by atoms with Crippen molar-refractivity contribution in [1.29, 1.82) is 0 Å². The normalized spacial score (nSPS) is 11.6. The van der Waals surface area contributed by atoms with E-state index >= 15 is 0 Å². The fourth-order valence-electron chi connectivity index (χ4n) is 4.53. The van der Waals surface area contributed by atoms with Gasteiger partial charge in [0, 0.05) is 11.1 Å². The molecule has 0 radical (unpaired) electrons. The zero-order chi connectivity index (χ0) is 33.6. The van der Waals surface area contributed by atoms with Crippen LogP contribution in [0.1, 0.15) is 42.2 Å². The average Bonchev–Trinajstić information content (AvgIpc) is 3.15. The van der Waals surface area contributed by atoms with Crippen LogP contribution in [-0.2, 0) is 4.74 Å². The quantitative estimate of drug-likeness (QED) is 0.0649. The zero-order valence-corrected chi connectivity index (χ0v) is 26.4. The average molecular weight is 639 g/mol. The Morgan fingerprint density at radius 1 is 0.521 bits per heavy atom. The summed E-state index contributed by atoms with van der Waals surface area (Å²) in [5.41, 5.74) is 3.25. The molecule has 0 fully saturated rings. The molecule has 0 saturated heterocycles. The summed E-state index contributed by atoms with van der Waals surface area (Å²) >= 11 is 0. The molecule has 1 atom stereocenters. The number of benzene rings is 5. The summed E-state index contributed by atoms with van der Waals surface area (Å²) < 4.78 is 22.9. The molecule has 5 aromatic rings. The lowest BCUT2D eigenvalue weighted by atomic mass is 10.1. The van der Waals surface area contributed by atoms with Crippen LogP contribution in [0.3, 0.4) is 0 Å². The third kappa shape index (κ3) is 9.89. The van der Waals surface area contributed by atoms with Crippen molar-refractivity contribution in [3.05, 3.63) is 173 Å². The summed E-state index contributed by atoms with van der Waals surface area (Å²) in [5.74, 6) is 0.927. The van der Waals surface area contributed by atoms with Gasteiger partial charge in [0.15, 0.2) is 17.7 Å². The number of hydrogen-bond donors (Lipinski definition) is 0. The first-order chi connectivity index (χ1) is 23.5. The molecule has 5 rings (SSSR count). The summed E-state index contributed by atoms with van der Waals surface area (Å²) in [4.78, 5) is 38.0. The third-order valence-electron chi connectivity index (χ3n) is 7.20. The Morgan fingerprint density at radius 2 is 0.958 bits per heavy atom. The molecule has 5 aromatic carbocycles. The van der Waals surface area contributed by atoms with Crippen LogP contribution in [0.2, 0.25) is 0 Å². The highest BCUT2D eigenvalue weighted by Gasteiger charge is 2.19. The standard InChI is InChI=1S/C41H34O7/c1-45-35-22-18-34(19-23-35)41(44)48-38(28-46-36-20-12-31(13-21-36)15-27-39(42)32-10-6-3-7-11-32)29-47-37-24-16-33(17-25-37)40(43)26-14-30-8-4-2-5-9-30/h2-27,38H,28-29H2,1H3/b26-14+,27-15+/t38-/m1/s1. The number of carbonyl (C=O) groups excluding carboxylic acids is 3. The van der Waals surface area contributed by atoms with E-state index in [0.717, 1.165) is 11.1 Å². The number of hydrogen-bond acceptors (Lipinski definition) is 7. The summed E-state index contributed by atoms with van der Waals surface area (Å²) in [6.45, 7) is 0.0238. The Kier molecular flexibility index (Phi) is 11.7. The lowest BCUT2D eigenvalue weighted by molar-refractivity contribution is 0.00257. The topological polar surface area (TPSA) is 88.1 Å². The van der Waals surface area contributed by atoms with Crippen LogP contribution in [0.15, 0.2) is 146 Å². The van der Waals surface area contributed by atoms with E-state index in [1.165, 1.54) is 12.2 Å². The van der Waals surface area contributed by atoms with Gasteiger partial charge in [0.25, 0.3) is 0 Å². The van der Waals surface area contributed by atoms with Gasteiger partial charge in [-0.3, -0.25) is 9.59 Å². The van der Waals surface area contributed by atoms with Crippen LogP contribution in [0, 0.1) is 0 Å². The lowest BCUT2D eigenvalue weighted by Gasteiger charge is -2.19. The second kappa shape index (κ2) is 16.9. The molecule has 0 aliphatic carbocycles. The number of ether oxygens (including phenoxy) is 4. The second-order valence-corrected chi connectivity index (χ2v) is 10.6. The molecule has 0 unspecified atom stereocenters. The minimum absolute atomic E-state index is 0.00547. The number of carbonyl (C=O) groups is 3. The number of allylic oxidation sites excluding steroid dienone is 2. The van der Waals surface area contributed by atoms with Crippen LogP contribution >= 0.6 is 0 Å². The van der Waals surface area contributed by atoms with E-state index in [1.807, 2.05) is 60.7 Å². The molecule has 0 amide bonds. The molecular weight excluding hydrogens is 604 g/mol. The van der Waals surface area contributed by atoms with E-state index in [4.69, 9.17) is 18.9 Å². The van der Waals surface area contributed by atoms with Crippen molar-refractivity contribution in [2.45, 2.75) is 6.10 Å². The molecular formula is C41H34O7. The third-order valence-corrected chi connectivity index (χ3v) is 7.20. The molecule has 0 aliphatic heterocycles. The summed E-state index contributed by atoms with van der Waals surface area (Å²) in [6.07, 6.45) is 5.81. The summed E-state index contributed by atoms with van der Waals surface area (Å²) in [7, 11) is 1.55. The maximum atomic E-state index is 13.0. The number of esters is 1. The van der Waals surface area contributed by atoms with Crippen molar-refractivity contribution < 1.29 is 33.3 Å². The summed E-state index contributed by atoms with van der Waals surface area (Å²) in [6, 6.07) is 39.2. The van der Waals surface area contributed by atoms with Crippen molar-refractivity contribution in [2.24, 2.45) is 0 Å². The molecule has 0 N–H and O–H groups in total. The van der Waals surface area contributed by atoms with Crippen molar-refractivity contribution in [1.82, 2.24) is 0 Å². The van der Waals surface area contributed by atoms with E-state index in [-0.39, 0.29) is 24.8 Å². The second-order valence-electron chi connectivity index (χ2n) is 10.6. The molecule has 0 aliphatic rings. The first-order valence-electron chi connectivity index (χ1n) is 15.3. The van der Waals surface area contributed by atoms with Gasteiger partial charge < -0.3 is 18.9 Å². The van der Waals surface area contributed by atoms with Gasteiger partial charge >= 0.3 is 5.97 Å². The molecule has 0 heterocycles. The SMILES string of the molecule is COc1ccc(C(=O)O[C@H](COc2ccc(/C=C/C(=O)c3ccccc3)cc2)COc2ccc(C(=O)/C=C/c3ccccc3)cc2)cc1. The van der Waals surface area contributed by atoms with Crippen molar-refractivity contribution in [3.63, 3.8) is 0 Å². The Hall–Kier alpha value is -6.21. The largest absolute Gasteiger partial charge is 0.497 e. The number of ketones is 2.